The summed E-state index contributed by atoms with van der Waals surface area (Å²) in [6.07, 6.45) is 1.04. The average molecular weight is 397 g/mol. The van der Waals surface area contributed by atoms with Crippen molar-refractivity contribution in [1.29, 1.82) is 0 Å². The van der Waals surface area contributed by atoms with Crippen molar-refractivity contribution < 1.29 is 14.3 Å². The maximum atomic E-state index is 12.2. The molecular formula is C22H24N2O3S. The third-order valence-corrected chi connectivity index (χ3v) is 5.13. The van der Waals surface area contributed by atoms with Gasteiger partial charge in [-0.05, 0) is 56.7 Å². The molecule has 0 unspecified atom stereocenters. The van der Waals surface area contributed by atoms with E-state index in [2.05, 4.69) is 10.3 Å². The molecule has 1 heterocycles. The molecule has 0 atom stereocenters. The Kier molecular flexibility index (Phi) is 6.66. The van der Waals surface area contributed by atoms with Crippen molar-refractivity contribution in [2.75, 3.05) is 19.0 Å². The molecule has 0 bridgehead atoms. The average Bonchev–Trinajstić information content (AvgIpc) is 3.06. The first-order valence-corrected chi connectivity index (χ1v) is 9.98. The third-order valence-electron chi connectivity index (χ3n) is 4.24. The number of hydrogen-bond acceptors (Lipinski definition) is 5. The summed E-state index contributed by atoms with van der Waals surface area (Å²) in [5.41, 5.74) is 3.08. The van der Waals surface area contributed by atoms with Crippen LogP contribution in [0.25, 0.3) is 11.3 Å². The zero-order chi connectivity index (χ0) is 19.9. The summed E-state index contributed by atoms with van der Waals surface area (Å²) in [5.74, 6) is 1.58. The molecule has 5 nitrogen and oxygen atoms in total. The van der Waals surface area contributed by atoms with Gasteiger partial charge in [-0.25, -0.2) is 4.98 Å². The van der Waals surface area contributed by atoms with Crippen LogP contribution in [0.15, 0.2) is 48.5 Å². The second-order valence-corrected chi connectivity index (χ2v) is 7.67. The van der Waals surface area contributed by atoms with Crippen LogP contribution in [0, 0.1) is 13.8 Å². The van der Waals surface area contributed by atoms with Gasteiger partial charge in [0.25, 0.3) is 0 Å². The number of aryl methyl sites for hydroxylation is 2. The number of carbonyl (C=O) groups excluding carboxylic acids is 1. The summed E-state index contributed by atoms with van der Waals surface area (Å²) >= 11 is 1.48. The molecule has 6 heteroatoms. The Labute approximate surface area is 169 Å². The normalized spacial score (nSPS) is 10.5. The van der Waals surface area contributed by atoms with Gasteiger partial charge in [0, 0.05) is 16.9 Å². The number of thiazole rings is 1. The van der Waals surface area contributed by atoms with Gasteiger partial charge in [-0.15, -0.1) is 11.3 Å². The van der Waals surface area contributed by atoms with E-state index in [1.807, 2.05) is 62.4 Å². The van der Waals surface area contributed by atoms with Crippen LogP contribution in [-0.4, -0.2) is 24.6 Å². The number of amides is 1. The molecule has 0 aliphatic heterocycles. The lowest BCUT2D eigenvalue weighted by Crippen LogP contribution is -2.12. The molecular weight excluding hydrogens is 372 g/mol. The second-order valence-electron chi connectivity index (χ2n) is 6.47. The van der Waals surface area contributed by atoms with Crippen molar-refractivity contribution in [3.63, 3.8) is 0 Å². The molecule has 0 aliphatic rings. The molecule has 3 rings (SSSR count). The zero-order valence-electron chi connectivity index (χ0n) is 16.3. The fraction of sp³-hybridized carbons (Fsp3) is 0.273. The fourth-order valence-electron chi connectivity index (χ4n) is 2.71. The van der Waals surface area contributed by atoms with E-state index in [0.717, 1.165) is 27.6 Å². The lowest BCUT2D eigenvalue weighted by atomic mass is 10.1. The number of aromatic nitrogens is 1. The SMILES string of the molecule is COc1ccc(-c2nc(NC(=O)CCCOc3ccc(C)cc3)sc2C)cc1. The van der Waals surface area contributed by atoms with E-state index in [9.17, 15) is 4.79 Å². The Morgan fingerprint density at radius 1 is 1.04 bits per heavy atom. The molecule has 28 heavy (non-hydrogen) atoms. The first-order valence-electron chi connectivity index (χ1n) is 9.16. The number of carbonyl (C=O) groups is 1. The third kappa shape index (κ3) is 5.33. The van der Waals surface area contributed by atoms with Gasteiger partial charge in [-0.2, -0.15) is 0 Å². The first-order chi connectivity index (χ1) is 13.5. The monoisotopic (exact) mass is 396 g/mol. The Morgan fingerprint density at radius 3 is 2.39 bits per heavy atom. The van der Waals surface area contributed by atoms with Gasteiger partial charge >= 0.3 is 0 Å². The highest BCUT2D eigenvalue weighted by Crippen LogP contribution is 2.31. The standard InChI is InChI=1S/C22H24N2O3S/c1-15-6-10-19(11-7-15)27-14-4-5-20(25)23-22-24-21(16(2)28-22)17-8-12-18(26-3)13-9-17/h6-13H,4-5,14H2,1-3H3,(H,23,24,25). The van der Waals surface area contributed by atoms with Gasteiger partial charge < -0.3 is 14.8 Å². The predicted molar refractivity (Wildman–Crippen MR) is 113 cm³/mol. The molecule has 0 aliphatic carbocycles. The number of hydrogen-bond donors (Lipinski definition) is 1. The van der Waals surface area contributed by atoms with Crippen LogP contribution in [0.3, 0.4) is 0 Å². The van der Waals surface area contributed by atoms with E-state index in [1.165, 1.54) is 16.9 Å². The highest BCUT2D eigenvalue weighted by Gasteiger charge is 2.12. The number of nitrogens with one attached hydrogen (secondary N) is 1. The molecule has 0 saturated carbocycles. The summed E-state index contributed by atoms with van der Waals surface area (Å²) in [7, 11) is 1.64. The largest absolute Gasteiger partial charge is 0.497 e. The van der Waals surface area contributed by atoms with E-state index in [-0.39, 0.29) is 5.91 Å². The summed E-state index contributed by atoms with van der Waals surface area (Å²) in [6, 6.07) is 15.6. The maximum absolute atomic E-state index is 12.2. The maximum Gasteiger partial charge on any atom is 0.226 e. The summed E-state index contributed by atoms with van der Waals surface area (Å²) < 4.78 is 10.8. The summed E-state index contributed by atoms with van der Waals surface area (Å²) in [6.45, 7) is 4.54. The molecule has 0 fully saturated rings. The summed E-state index contributed by atoms with van der Waals surface area (Å²) in [5, 5.41) is 3.51. The van der Waals surface area contributed by atoms with E-state index >= 15 is 0 Å². The Balaban J connectivity index is 1.49. The van der Waals surface area contributed by atoms with E-state index in [1.54, 1.807) is 7.11 Å². The van der Waals surface area contributed by atoms with Gasteiger partial charge in [0.2, 0.25) is 5.91 Å². The van der Waals surface area contributed by atoms with Crippen LogP contribution in [0.2, 0.25) is 0 Å². The van der Waals surface area contributed by atoms with Crippen molar-refractivity contribution in [3.8, 4) is 22.8 Å². The topological polar surface area (TPSA) is 60.5 Å². The minimum Gasteiger partial charge on any atom is -0.497 e. The number of ether oxygens (including phenoxy) is 2. The van der Waals surface area contributed by atoms with E-state index < -0.39 is 0 Å². The van der Waals surface area contributed by atoms with E-state index in [4.69, 9.17) is 9.47 Å². The Bertz CT molecular complexity index is 918. The van der Waals surface area contributed by atoms with Crippen LogP contribution < -0.4 is 14.8 Å². The highest BCUT2D eigenvalue weighted by atomic mass is 32.1. The molecule has 1 amide bonds. The lowest BCUT2D eigenvalue weighted by molar-refractivity contribution is -0.116. The van der Waals surface area contributed by atoms with Crippen molar-refractivity contribution in [2.24, 2.45) is 0 Å². The van der Waals surface area contributed by atoms with Crippen molar-refractivity contribution >= 4 is 22.4 Å². The van der Waals surface area contributed by atoms with Crippen molar-refractivity contribution in [3.05, 3.63) is 59.0 Å². The minimum absolute atomic E-state index is 0.0532. The number of methoxy groups -OCH3 is 1. The zero-order valence-corrected chi connectivity index (χ0v) is 17.1. The molecule has 3 aromatic rings. The molecule has 0 spiro atoms. The van der Waals surface area contributed by atoms with Crippen LogP contribution in [0.1, 0.15) is 23.3 Å². The van der Waals surface area contributed by atoms with Crippen molar-refractivity contribution in [2.45, 2.75) is 26.7 Å². The molecule has 0 radical (unpaired) electrons. The molecule has 1 N–H and O–H groups in total. The van der Waals surface area contributed by atoms with Crippen LogP contribution in [0.5, 0.6) is 11.5 Å². The van der Waals surface area contributed by atoms with E-state index in [0.29, 0.717) is 24.6 Å². The fourth-order valence-corrected chi connectivity index (χ4v) is 3.56. The number of rotatable bonds is 8. The van der Waals surface area contributed by atoms with Gasteiger partial charge in [-0.1, -0.05) is 17.7 Å². The molecule has 0 saturated heterocycles. The number of nitrogens with zero attached hydrogens (tertiary/aromatic N) is 1. The van der Waals surface area contributed by atoms with Gasteiger partial charge in [0.05, 0.1) is 19.4 Å². The van der Waals surface area contributed by atoms with Gasteiger partial charge in [0.15, 0.2) is 5.13 Å². The number of benzene rings is 2. The molecule has 1 aromatic heterocycles. The second kappa shape index (κ2) is 9.37. The van der Waals surface area contributed by atoms with Crippen molar-refractivity contribution in [1.82, 2.24) is 4.98 Å². The lowest BCUT2D eigenvalue weighted by Gasteiger charge is -2.06. The minimum atomic E-state index is -0.0532. The quantitative estimate of drug-likeness (QED) is 0.530. The molecule has 146 valence electrons. The smallest absolute Gasteiger partial charge is 0.226 e. The Morgan fingerprint density at radius 2 is 1.71 bits per heavy atom. The van der Waals surface area contributed by atoms with Crippen LogP contribution >= 0.6 is 11.3 Å². The van der Waals surface area contributed by atoms with Crippen LogP contribution in [-0.2, 0) is 4.79 Å². The predicted octanol–water partition coefficient (Wildman–Crippen LogP) is 5.23. The summed E-state index contributed by atoms with van der Waals surface area (Å²) in [4.78, 5) is 17.8. The van der Waals surface area contributed by atoms with Crippen LogP contribution in [0.4, 0.5) is 5.13 Å². The highest BCUT2D eigenvalue weighted by molar-refractivity contribution is 7.16. The van der Waals surface area contributed by atoms with Gasteiger partial charge in [-0.3, -0.25) is 4.79 Å². The first kappa shape index (κ1) is 19.9. The Hall–Kier alpha value is -2.86. The molecule has 2 aromatic carbocycles. The van der Waals surface area contributed by atoms with Gasteiger partial charge in [0.1, 0.15) is 11.5 Å². The number of anilines is 1.